The highest BCUT2D eigenvalue weighted by atomic mass is 79.9. The Morgan fingerprint density at radius 3 is 1.96 bits per heavy atom. The van der Waals surface area contributed by atoms with Crippen molar-refractivity contribution in [2.24, 2.45) is 0 Å². The summed E-state index contributed by atoms with van der Waals surface area (Å²) in [5, 5.41) is 16.0. The molecule has 23 heavy (non-hydrogen) atoms. The predicted molar refractivity (Wildman–Crippen MR) is 95.8 cm³/mol. The van der Waals surface area contributed by atoms with E-state index in [2.05, 4.69) is 42.1 Å². The van der Waals surface area contributed by atoms with Crippen molar-refractivity contribution in [3.63, 3.8) is 0 Å². The molecule has 0 spiro atoms. The number of benzene rings is 2. The van der Waals surface area contributed by atoms with E-state index < -0.39 is 5.56 Å². The van der Waals surface area contributed by atoms with Gasteiger partial charge in [-0.2, -0.15) is 10.4 Å². The van der Waals surface area contributed by atoms with Crippen molar-refractivity contribution in [3.8, 4) is 28.5 Å². The monoisotopic (exact) mass is 429 g/mol. The van der Waals surface area contributed by atoms with Crippen LogP contribution in [0, 0.1) is 11.3 Å². The number of rotatable bonds is 2. The Labute approximate surface area is 149 Å². The fraction of sp³-hybridized carbons (Fsp3) is 0. The molecular weight excluding hydrogens is 422 g/mol. The number of aromatic nitrogens is 2. The Bertz CT molecular complexity index is 955. The maximum atomic E-state index is 12.0. The lowest BCUT2D eigenvalue weighted by Crippen LogP contribution is -2.15. The smallest absolute Gasteiger partial charge is 0.266 e. The molecule has 3 aromatic rings. The summed E-state index contributed by atoms with van der Waals surface area (Å²) in [7, 11) is 0. The first-order valence-corrected chi connectivity index (χ1v) is 8.23. The zero-order chi connectivity index (χ0) is 16.4. The Morgan fingerprint density at radius 1 is 0.913 bits per heavy atom. The number of nitrogens with one attached hydrogen (secondary N) is 1. The molecule has 0 aliphatic rings. The van der Waals surface area contributed by atoms with Crippen molar-refractivity contribution in [2.75, 3.05) is 0 Å². The lowest BCUT2D eigenvalue weighted by molar-refractivity contribution is 0.989. The summed E-state index contributed by atoms with van der Waals surface area (Å²) < 4.78 is 1.86. The second kappa shape index (κ2) is 6.49. The van der Waals surface area contributed by atoms with Crippen molar-refractivity contribution < 1.29 is 0 Å². The number of hydrogen-bond acceptors (Lipinski definition) is 3. The summed E-state index contributed by atoms with van der Waals surface area (Å²) in [5.41, 5.74) is 2.24. The number of aromatic amines is 1. The number of nitriles is 1. The normalized spacial score (nSPS) is 10.3. The molecule has 0 bridgehead atoms. The summed E-state index contributed by atoms with van der Waals surface area (Å²) in [6.45, 7) is 0. The van der Waals surface area contributed by atoms with Gasteiger partial charge in [0.2, 0.25) is 0 Å². The summed E-state index contributed by atoms with van der Waals surface area (Å²) in [6, 6.07) is 17.0. The van der Waals surface area contributed by atoms with Crippen LogP contribution < -0.4 is 5.56 Å². The first-order chi connectivity index (χ1) is 11.1. The molecule has 0 radical (unpaired) electrons. The number of hydrogen-bond donors (Lipinski definition) is 1. The summed E-state index contributed by atoms with van der Waals surface area (Å²) in [4.78, 5) is 12.0. The Morgan fingerprint density at radius 2 is 1.43 bits per heavy atom. The van der Waals surface area contributed by atoms with E-state index in [1.54, 1.807) is 0 Å². The van der Waals surface area contributed by atoms with Crippen molar-refractivity contribution in [3.05, 3.63) is 73.4 Å². The predicted octanol–water partition coefficient (Wildman–Crippen LogP) is 4.50. The molecule has 0 aliphatic carbocycles. The van der Waals surface area contributed by atoms with Gasteiger partial charge in [0.1, 0.15) is 17.3 Å². The topological polar surface area (TPSA) is 69.5 Å². The Hall–Kier alpha value is -2.23. The van der Waals surface area contributed by atoms with E-state index in [4.69, 9.17) is 0 Å². The molecule has 0 saturated carbocycles. The van der Waals surface area contributed by atoms with Crippen LogP contribution in [-0.4, -0.2) is 10.2 Å². The molecule has 1 N–H and O–H groups in total. The van der Waals surface area contributed by atoms with E-state index in [0.29, 0.717) is 11.3 Å². The SMILES string of the molecule is N#Cc1c(-c2ccc(Br)cc2)c(-c2ccc(Br)cc2)n[nH]c1=O. The molecule has 0 fully saturated rings. The van der Waals surface area contributed by atoms with Crippen LogP contribution in [0.1, 0.15) is 5.56 Å². The van der Waals surface area contributed by atoms with Gasteiger partial charge in [-0.05, 0) is 29.8 Å². The number of nitrogens with zero attached hydrogens (tertiary/aromatic N) is 2. The van der Waals surface area contributed by atoms with E-state index in [-0.39, 0.29) is 5.56 Å². The quantitative estimate of drug-likeness (QED) is 0.650. The average molecular weight is 431 g/mol. The molecule has 0 atom stereocenters. The van der Waals surface area contributed by atoms with Gasteiger partial charge < -0.3 is 0 Å². The second-order valence-corrected chi connectivity index (χ2v) is 6.61. The van der Waals surface area contributed by atoms with Gasteiger partial charge in [0.05, 0.1) is 0 Å². The zero-order valence-electron chi connectivity index (χ0n) is 11.7. The third kappa shape index (κ3) is 3.11. The van der Waals surface area contributed by atoms with E-state index in [0.717, 1.165) is 20.1 Å². The van der Waals surface area contributed by atoms with Crippen LogP contribution in [0.4, 0.5) is 0 Å². The van der Waals surface area contributed by atoms with Gasteiger partial charge in [0, 0.05) is 20.1 Å². The molecule has 112 valence electrons. The van der Waals surface area contributed by atoms with Crippen LogP contribution in [0.5, 0.6) is 0 Å². The molecular formula is C17H9Br2N3O. The fourth-order valence-corrected chi connectivity index (χ4v) is 2.80. The van der Waals surface area contributed by atoms with Crippen LogP contribution in [0.2, 0.25) is 0 Å². The van der Waals surface area contributed by atoms with E-state index in [9.17, 15) is 10.1 Å². The molecule has 2 aromatic carbocycles. The second-order valence-electron chi connectivity index (χ2n) is 4.78. The third-order valence-electron chi connectivity index (χ3n) is 3.35. The van der Waals surface area contributed by atoms with Crippen molar-refractivity contribution in [2.45, 2.75) is 0 Å². The molecule has 4 nitrogen and oxygen atoms in total. The number of halogens is 2. The maximum absolute atomic E-state index is 12.0. The molecule has 3 rings (SSSR count). The molecule has 1 heterocycles. The summed E-state index contributed by atoms with van der Waals surface area (Å²) >= 11 is 6.78. The number of H-pyrrole nitrogens is 1. The summed E-state index contributed by atoms with van der Waals surface area (Å²) in [5.74, 6) is 0. The molecule has 1 aromatic heterocycles. The largest absolute Gasteiger partial charge is 0.282 e. The third-order valence-corrected chi connectivity index (χ3v) is 4.40. The van der Waals surface area contributed by atoms with Crippen molar-refractivity contribution in [1.29, 1.82) is 5.26 Å². The highest BCUT2D eigenvalue weighted by Gasteiger charge is 2.17. The van der Waals surface area contributed by atoms with Gasteiger partial charge in [-0.3, -0.25) is 4.79 Å². The molecule has 0 aliphatic heterocycles. The van der Waals surface area contributed by atoms with Gasteiger partial charge >= 0.3 is 0 Å². The highest BCUT2D eigenvalue weighted by molar-refractivity contribution is 9.10. The Balaban J connectivity index is 2.33. The molecule has 0 unspecified atom stereocenters. The van der Waals surface area contributed by atoms with Crippen LogP contribution in [0.25, 0.3) is 22.4 Å². The van der Waals surface area contributed by atoms with E-state index in [1.165, 1.54) is 0 Å². The lowest BCUT2D eigenvalue weighted by Gasteiger charge is -2.10. The van der Waals surface area contributed by atoms with Crippen molar-refractivity contribution in [1.82, 2.24) is 10.2 Å². The van der Waals surface area contributed by atoms with Gasteiger partial charge in [-0.25, -0.2) is 5.10 Å². The minimum atomic E-state index is -0.494. The lowest BCUT2D eigenvalue weighted by atomic mass is 9.96. The van der Waals surface area contributed by atoms with Crippen LogP contribution in [-0.2, 0) is 0 Å². The summed E-state index contributed by atoms with van der Waals surface area (Å²) in [6.07, 6.45) is 0. The molecule has 0 saturated heterocycles. The van der Waals surface area contributed by atoms with Gasteiger partial charge in [0.25, 0.3) is 5.56 Å². The average Bonchev–Trinajstić information content (AvgIpc) is 2.56. The minimum absolute atomic E-state index is 0.0558. The van der Waals surface area contributed by atoms with Crippen LogP contribution in [0.15, 0.2) is 62.3 Å². The molecule has 0 amide bonds. The van der Waals surface area contributed by atoms with Crippen LogP contribution >= 0.6 is 31.9 Å². The Kier molecular flexibility index (Phi) is 4.42. The maximum Gasteiger partial charge on any atom is 0.282 e. The van der Waals surface area contributed by atoms with Gasteiger partial charge in [-0.1, -0.05) is 56.1 Å². The van der Waals surface area contributed by atoms with Gasteiger partial charge in [0.15, 0.2) is 0 Å². The fourth-order valence-electron chi connectivity index (χ4n) is 2.27. The van der Waals surface area contributed by atoms with E-state index in [1.807, 2.05) is 54.6 Å². The van der Waals surface area contributed by atoms with Crippen molar-refractivity contribution >= 4 is 31.9 Å². The van der Waals surface area contributed by atoms with E-state index >= 15 is 0 Å². The standard InChI is InChI=1S/C17H9Br2N3O/c18-12-5-1-10(2-6-12)15-14(9-20)17(23)22-21-16(15)11-3-7-13(19)8-4-11/h1-8H,(H,22,23). The molecule has 6 heteroatoms. The minimum Gasteiger partial charge on any atom is -0.266 e. The highest BCUT2D eigenvalue weighted by Crippen LogP contribution is 2.32. The first-order valence-electron chi connectivity index (χ1n) is 6.65. The van der Waals surface area contributed by atoms with Gasteiger partial charge in [-0.15, -0.1) is 0 Å². The first kappa shape index (κ1) is 15.7. The zero-order valence-corrected chi connectivity index (χ0v) is 14.8. The van der Waals surface area contributed by atoms with Crippen LogP contribution in [0.3, 0.4) is 0 Å².